The summed E-state index contributed by atoms with van der Waals surface area (Å²) < 4.78 is 0. The molecule has 1 atom stereocenters. The number of carbonyl (C=O) groups excluding carboxylic acids is 3. The fraction of sp³-hybridized carbons (Fsp3) is 0.227. The molecule has 0 spiro atoms. The molecular weight excluding hydrogens is 398 g/mol. The lowest BCUT2D eigenvalue weighted by atomic mass is 9.87. The molecule has 4 amide bonds. The third-order valence-electron chi connectivity index (χ3n) is 5.38. The molecule has 1 saturated heterocycles. The first-order chi connectivity index (χ1) is 14.9. The number of benzene rings is 2. The van der Waals surface area contributed by atoms with E-state index in [9.17, 15) is 19.2 Å². The predicted molar refractivity (Wildman–Crippen MR) is 113 cm³/mol. The number of aromatic amines is 1. The minimum atomic E-state index is -1.23. The van der Waals surface area contributed by atoms with Crippen molar-refractivity contribution in [2.75, 3.05) is 0 Å². The van der Waals surface area contributed by atoms with E-state index >= 15 is 0 Å². The monoisotopic (exact) mass is 419 g/mol. The molecule has 0 bridgehead atoms. The van der Waals surface area contributed by atoms with Gasteiger partial charge in [-0.15, -0.1) is 0 Å². The highest BCUT2D eigenvalue weighted by atomic mass is 16.2. The van der Waals surface area contributed by atoms with Crippen LogP contribution >= 0.6 is 0 Å². The number of hydrogen-bond acceptors (Lipinski definition) is 5. The Kier molecular flexibility index (Phi) is 5.24. The molecule has 1 fully saturated rings. The van der Waals surface area contributed by atoms with Crippen LogP contribution in [0, 0.1) is 0 Å². The molecule has 0 radical (unpaired) electrons. The van der Waals surface area contributed by atoms with E-state index < -0.39 is 23.4 Å². The van der Waals surface area contributed by atoms with E-state index in [1.807, 2.05) is 6.07 Å². The van der Waals surface area contributed by atoms with Gasteiger partial charge in [0, 0.05) is 12.8 Å². The normalized spacial score (nSPS) is 18.3. The number of imide groups is 1. The fourth-order valence-corrected chi connectivity index (χ4v) is 3.70. The molecule has 2 heterocycles. The van der Waals surface area contributed by atoms with Crippen molar-refractivity contribution < 1.29 is 14.4 Å². The Hall–Kier alpha value is -4.01. The first-order valence-corrected chi connectivity index (χ1v) is 9.94. The van der Waals surface area contributed by atoms with Gasteiger partial charge in [0.2, 0.25) is 5.91 Å². The van der Waals surface area contributed by atoms with Crippen LogP contribution in [0.3, 0.4) is 0 Å². The van der Waals surface area contributed by atoms with Gasteiger partial charge in [0.05, 0.1) is 10.9 Å². The standard InChI is InChI=1S/C22H21N5O4/c1-2-22(14-8-4-3-5-9-14)20(30)27(21(31)25-22)26-18(28)13-12-17-23-16-11-7-6-10-15(16)19(29)24-17/h3-11H,2,12-13H2,1H3,(H,25,31)(H,26,28)(H,23,24,29)/t22-/m1/s1. The molecule has 158 valence electrons. The molecule has 31 heavy (non-hydrogen) atoms. The van der Waals surface area contributed by atoms with E-state index in [1.165, 1.54) is 0 Å². The van der Waals surface area contributed by atoms with E-state index in [2.05, 4.69) is 20.7 Å². The zero-order valence-corrected chi connectivity index (χ0v) is 16.8. The van der Waals surface area contributed by atoms with Crippen LogP contribution in [0.25, 0.3) is 10.9 Å². The average molecular weight is 419 g/mol. The summed E-state index contributed by atoms with van der Waals surface area (Å²) in [6.45, 7) is 1.79. The van der Waals surface area contributed by atoms with Crippen molar-refractivity contribution in [3.63, 3.8) is 0 Å². The van der Waals surface area contributed by atoms with Gasteiger partial charge in [-0.1, -0.05) is 49.4 Å². The maximum atomic E-state index is 13.0. The number of nitrogens with one attached hydrogen (secondary N) is 3. The van der Waals surface area contributed by atoms with Gasteiger partial charge in [-0.3, -0.25) is 19.8 Å². The van der Waals surface area contributed by atoms with Crippen LogP contribution in [0.5, 0.6) is 0 Å². The predicted octanol–water partition coefficient (Wildman–Crippen LogP) is 1.74. The van der Waals surface area contributed by atoms with Gasteiger partial charge >= 0.3 is 6.03 Å². The summed E-state index contributed by atoms with van der Waals surface area (Å²) in [4.78, 5) is 57.1. The zero-order chi connectivity index (χ0) is 22.0. The summed E-state index contributed by atoms with van der Waals surface area (Å²) in [7, 11) is 0. The molecule has 0 unspecified atom stereocenters. The van der Waals surface area contributed by atoms with Gasteiger partial charge in [-0.05, 0) is 24.1 Å². The second-order valence-corrected chi connectivity index (χ2v) is 7.26. The molecule has 3 aromatic rings. The number of aromatic nitrogens is 2. The van der Waals surface area contributed by atoms with Crippen molar-refractivity contribution in [2.45, 2.75) is 31.7 Å². The number of fused-ring (bicyclic) bond motifs is 1. The Bertz CT molecular complexity index is 1220. The average Bonchev–Trinajstić information content (AvgIpc) is 3.03. The van der Waals surface area contributed by atoms with Crippen molar-refractivity contribution in [1.82, 2.24) is 25.7 Å². The molecule has 1 aliphatic heterocycles. The highest BCUT2D eigenvalue weighted by Crippen LogP contribution is 2.31. The maximum absolute atomic E-state index is 13.0. The van der Waals surface area contributed by atoms with Crippen LogP contribution < -0.4 is 16.3 Å². The lowest BCUT2D eigenvalue weighted by Crippen LogP contribution is -2.48. The Labute approximate surface area is 177 Å². The molecule has 9 nitrogen and oxygen atoms in total. The second-order valence-electron chi connectivity index (χ2n) is 7.26. The van der Waals surface area contributed by atoms with Gasteiger partial charge in [0.15, 0.2) is 0 Å². The van der Waals surface area contributed by atoms with E-state index in [4.69, 9.17) is 0 Å². The van der Waals surface area contributed by atoms with Crippen molar-refractivity contribution in [3.8, 4) is 0 Å². The highest BCUT2D eigenvalue weighted by molar-refractivity contribution is 6.08. The summed E-state index contributed by atoms with van der Waals surface area (Å²) in [5, 5.41) is 3.89. The summed E-state index contributed by atoms with van der Waals surface area (Å²) in [6.07, 6.45) is 0.409. The number of aryl methyl sites for hydroxylation is 1. The molecule has 3 N–H and O–H groups in total. The van der Waals surface area contributed by atoms with Crippen molar-refractivity contribution in [3.05, 3.63) is 76.3 Å². The lowest BCUT2D eigenvalue weighted by Gasteiger charge is -2.25. The number of rotatable bonds is 6. The Morgan fingerprint density at radius 2 is 1.77 bits per heavy atom. The highest BCUT2D eigenvalue weighted by Gasteiger charge is 2.52. The van der Waals surface area contributed by atoms with E-state index in [-0.39, 0.29) is 18.4 Å². The van der Waals surface area contributed by atoms with E-state index in [1.54, 1.807) is 55.5 Å². The van der Waals surface area contributed by atoms with Crippen LogP contribution in [-0.2, 0) is 21.5 Å². The van der Waals surface area contributed by atoms with Crippen molar-refractivity contribution in [1.29, 1.82) is 0 Å². The number of para-hydroxylation sites is 1. The third-order valence-corrected chi connectivity index (χ3v) is 5.38. The fourth-order valence-electron chi connectivity index (χ4n) is 3.70. The third kappa shape index (κ3) is 3.65. The van der Waals surface area contributed by atoms with E-state index in [0.29, 0.717) is 28.7 Å². The van der Waals surface area contributed by atoms with Crippen molar-refractivity contribution >= 4 is 28.7 Å². The summed E-state index contributed by atoms with van der Waals surface area (Å²) >= 11 is 0. The van der Waals surface area contributed by atoms with Gasteiger partial charge in [-0.25, -0.2) is 9.78 Å². The van der Waals surface area contributed by atoms with Gasteiger partial charge in [0.25, 0.3) is 11.5 Å². The minimum Gasteiger partial charge on any atom is -0.318 e. The summed E-state index contributed by atoms with van der Waals surface area (Å²) in [5.74, 6) is -0.737. The number of amides is 4. The lowest BCUT2D eigenvalue weighted by molar-refractivity contribution is -0.139. The zero-order valence-electron chi connectivity index (χ0n) is 16.8. The molecule has 1 aliphatic rings. The number of hydrogen-bond donors (Lipinski definition) is 3. The van der Waals surface area contributed by atoms with Crippen LogP contribution in [0.4, 0.5) is 4.79 Å². The quantitative estimate of drug-likeness (QED) is 0.525. The van der Waals surface area contributed by atoms with Gasteiger partial charge in [0.1, 0.15) is 11.4 Å². The largest absolute Gasteiger partial charge is 0.344 e. The summed E-state index contributed by atoms with van der Waals surface area (Å²) in [5.41, 5.74) is 2.04. The van der Waals surface area contributed by atoms with Crippen LogP contribution in [0.1, 0.15) is 31.2 Å². The Balaban J connectivity index is 1.46. The minimum absolute atomic E-state index is 0.0667. The van der Waals surface area contributed by atoms with Gasteiger partial charge in [-0.2, -0.15) is 5.01 Å². The first-order valence-electron chi connectivity index (χ1n) is 9.94. The molecule has 4 rings (SSSR count). The van der Waals surface area contributed by atoms with Crippen molar-refractivity contribution in [2.24, 2.45) is 0 Å². The number of carbonyl (C=O) groups is 3. The molecular formula is C22H21N5O4. The SMILES string of the molecule is CC[C@]1(c2ccccc2)NC(=O)N(NC(=O)CCc2nc3ccccc3c(=O)[nH]2)C1=O. The smallest absolute Gasteiger partial charge is 0.318 e. The summed E-state index contributed by atoms with van der Waals surface area (Å²) in [6, 6.07) is 15.1. The number of hydrazine groups is 1. The second kappa shape index (κ2) is 8.02. The number of nitrogens with zero attached hydrogens (tertiary/aromatic N) is 2. The van der Waals surface area contributed by atoms with Crippen LogP contribution in [0.2, 0.25) is 0 Å². The van der Waals surface area contributed by atoms with Crippen LogP contribution in [0.15, 0.2) is 59.4 Å². The molecule has 0 aliphatic carbocycles. The van der Waals surface area contributed by atoms with Gasteiger partial charge < -0.3 is 10.3 Å². The molecule has 0 saturated carbocycles. The molecule has 1 aromatic heterocycles. The first kappa shape index (κ1) is 20.3. The topological polar surface area (TPSA) is 124 Å². The Morgan fingerprint density at radius 1 is 1.06 bits per heavy atom. The van der Waals surface area contributed by atoms with Crippen LogP contribution in [-0.4, -0.2) is 32.8 Å². The van der Waals surface area contributed by atoms with E-state index in [0.717, 1.165) is 5.01 Å². The number of urea groups is 1. The Morgan fingerprint density at radius 3 is 2.52 bits per heavy atom. The molecule has 9 heteroatoms. The molecule has 2 aromatic carbocycles. The maximum Gasteiger partial charge on any atom is 0.344 e. The number of H-pyrrole nitrogens is 1.